The Morgan fingerprint density at radius 2 is 1.96 bits per heavy atom. The average molecular weight is 321 g/mol. The van der Waals surface area contributed by atoms with Gasteiger partial charge in [-0.1, -0.05) is 18.2 Å². The molecule has 5 heteroatoms. The number of phenolic OH excluding ortho intramolecular Hbond substituents is 1. The largest absolute Gasteiger partial charge is 0.506 e. The zero-order valence-electron chi connectivity index (χ0n) is 12.8. The maximum atomic E-state index is 9.94. The summed E-state index contributed by atoms with van der Waals surface area (Å²) in [7, 11) is 0. The van der Waals surface area contributed by atoms with Crippen molar-refractivity contribution in [2.45, 2.75) is 13.8 Å². The number of nitrogens with zero attached hydrogens (tertiary/aromatic N) is 3. The molecule has 1 N–H and O–H groups in total. The van der Waals surface area contributed by atoms with Gasteiger partial charge in [-0.2, -0.15) is 0 Å². The van der Waals surface area contributed by atoms with Crippen LogP contribution in [0.15, 0.2) is 35.7 Å². The van der Waals surface area contributed by atoms with Gasteiger partial charge in [-0.25, -0.2) is 9.97 Å². The zero-order chi connectivity index (χ0) is 16.0. The molecule has 0 aliphatic rings. The Bertz CT molecular complexity index is 1060. The number of para-hydroxylation sites is 1. The first kappa shape index (κ1) is 14.0. The van der Waals surface area contributed by atoms with Gasteiger partial charge in [0, 0.05) is 16.5 Å². The summed E-state index contributed by atoms with van der Waals surface area (Å²) < 4.78 is 2.15. The van der Waals surface area contributed by atoms with Gasteiger partial charge in [0.25, 0.3) is 0 Å². The summed E-state index contributed by atoms with van der Waals surface area (Å²) in [5, 5.41) is 13.0. The van der Waals surface area contributed by atoms with E-state index in [1.165, 1.54) is 5.69 Å². The molecule has 23 heavy (non-hydrogen) atoms. The molecule has 3 heterocycles. The summed E-state index contributed by atoms with van der Waals surface area (Å²) in [5.41, 5.74) is 4.67. The maximum Gasteiger partial charge on any atom is 0.194 e. The quantitative estimate of drug-likeness (QED) is 0.594. The van der Waals surface area contributed by atoms with Gasteiger partial charge in [-0.3, -0.25) is 4.40 Å². The Kier molecular flexibility index (Phi) is 3.16. The van der Waals surface area contributed by atoms with Crippen molar-refractivity contribution in [3.63, 3.8) is 0 Å². The van der Waals surface area contributed by atoms with Gasteiger partial charge in [-0.15, -0.1) is 11.3 Å². The molecule has 3 aromatic heterocycles. The molecule has 0 unspecified atom stereocenters. The van der Waals surface area contributed by atoms with Gasteiger partial charge in [0.15, 0.2) is 4.96 Å². The Labute approximate surface area is 137 Å². The molecule has 0 amide bonds. The fourth-order valence-corrected chi connectivity index (χ4v) is 3.64. The van der Waals surface area contributed by atoms with Crippen LogP contribution in [0, 0.1) is 13.8 Å². The third kappa shape index (κ3) is 2.29. The summed E-state index contributed by atoms with van der Waals surface area (Å²) in [4.78, 5) is 10.1. The van der Waals surface area contributed by atoms with E-state index in [4.69, 9.17) is 0 Å². The first-order chi connectivity index (χ1) is 11.1. The normalized spacial score (nSPS) is 11.9. The first-order valence-corrected chi connectivity index (χ1v) is 8.21. The third-order valence-electron chi connectivity index (χ3n) is 3.89. The third-order valence-corrected chi connectivity index (χ3v) is 4.83. The number of pyridine rings is 1. The van der Waals surface area contributed by atoms with Gasteiger partial charge in [0.2, 0.25) is 0 Å². The molecule has 0 atom stereocenters. The van der Waals surface area contributed by atoms with Crippen LogP contribution in [-0.2, 0) is 0 Å². The highest BCUT2D eigenvalue weighted by Crippen LogP contribution is 2.24. The summed E-state index contributed by atoms with van der Waals surface area (Å²) in [5.74, 6) is 0.203. The number of phenols is 1. The van der Waals surface area contributed by atoms with E-state index in [0.29, 0.717) is 5.52 Å². The predicted octanol–water partition coefficient (Wildman–Crippen LogP) is 4.44. The van der Waals surface area contributed by atoms with Gasteiger partial charge >= 0.3 is 0 Å². The number of thiazole rings is 1. The van der Waals surface area contributed by atoms with Crippen LogP contribution in [0.2, 0.25) is 0 Å². The zero-order valence-corrected chi connectivity index (χ0v) is 13.6. The molecule has 0 aliphatic heterocycles. The van der Waals surface area contributed by atoms with Crippen LogP contribution < -0.4 is 0 Å². The van der Waals surface area contributed by atoms with Crippen LogP contribution in [0.3, 0.4) is 0 Å². The molecule has 4 nitrogen and oxygen atoms in total. The van der Waals surface area contributed by atoms with E-state index in [1.54, 1.807) is 17.4 Å². The fraction of sp³-hybridized carbons (Fsp3) is 0.111. The van der Waals surface area contributed by atoms with Gasteiger partial charge in [-0.05, 0) is 38.1 Å². The maximum absolute atomic E-state index is 9.94. The van der Waals surface area contributed by atoms with Gasteiger partial charge < -0.3 is 5.11 Å². The fourth-order valence-electron chi connectivity index (χ4n) is 2.72. The van der Waals surface area contributed by atoms with Crippen LogP contribution in [0.5, 0.6) is 5.75 Å². The molecule has 0 fully saturated rings. The monoisotopic (exact) mass is 321 g/mol. The Morgan fingerprint density at radius 1 is 1.09 bits per heavy atom. The molecule has 0 bridgehead atoms. The van der Waals surface area contributed by atoms with E-state index in [9.17, 15) is 5.11 Å². The number of rotatable bonds is 2. The molecular formula is C18H15N3OS. The van der Waals surface area contributed by atoms with Crippen molar-refractivity contribution in [3.8, 4) is 5.75 Å². The minimum Gasteiger partial charge on any atom is -0.506 e. The second-order valence-electron chi connectivity index (χ2n) is 5.50. The highest BCUT2D eigenvalue weighted by Gasteiger charge is 2.09. The van der Waals surface area contributed by atoms with Crippen molar-refractivity contribution in [1.82, 2.24) is 14.4 Å². The molecular weight excluding hydrogens is 306 g/mol. The Hall–Kier alpha value is -2.66. The number of hydrogen-bond donors (Lipinski definition) is 1. The number of imidazole rings is 1. The highest BCUT2D eigenvalue weighted by molar-refractivity contribution is 7.15. The van der Waals surface area contributed by atoms with Crippen LogP contribution in [0.4, 0.5) is 0 Å². The van der Waals surface area contributed by atoms with Crippen molar-refractivity contribution in [3.05, 3.63) is 58.5 Å². The first-order valence-electron chi connectivity index (χ1n) is 7.33. The number of aromatic hydroxyl groups is 1. The van der Waals surface area contributed by atoms with E-state index >= 15 is 0 Å². The molecule has 1 aromatic carbocycles. The Balaban J connectivity index is 1.80. The lowest BCUT2D eigenvalue weighted by Crippen LogP contribution is -1.89. The number of aryl methyl sites for hydroxylation is 2. The summed E-state index contributed by atoms with van der Waals surface area (Å²) in [6, 6.07) is 9.33. The molecule has 0 saturated carbocycles. The molecule has 0 saturated heterocycles. The van der Waals surface area contributed by atoms with E-state index < -0.39 is 0 Å². The standard InChI is InChI=1S/C18H15N3OS/c1-11-10-23-18-19-12(2)15(21(11)18)9-8-14-7-6-13-4-3-5-16(22)17(13)20-14/h3-10,22H,1-2H3. The molecule has 114 valence electrons. The molecule has 0 radical (unpaired) electrons. The minimum atomic E-state index is 0.203. The van der Waals surface area contributed by atoms with Crippen molar-refractivity contribution >= 4 is 39.4 Å². The number of fused-ring (bicyclic) bond motifs is 2. The lowest BCUT2D eigenvalue weighted by atomic mass is 10.2. The summed E-state index contributed by atoms with van der Waals surface area (Å²) in [6.07, 6.45) is 3.99. The Morgan fingerprint density at radius 3 is 2.83 bits per heavy atom. The van der Waals surface area contributed by atoms with Crippen LogP contribution in [0.1, 0.15) is 22.8 Å². The summed E-state index contributed by atoms with van der Waals surface area (Å²) >= 11 is 1.64. The van der Waals surface area contributed by atoms with Crippen molar-refractivity contribution in [1.29, 1.82) is 0 Å². The van der Waals surface area contributed by atoms with E-state index in [2.05, 4.69) is 26.7 Å². The van der Waals surface area contributed by atoms with E-state index in [0.717, 1.165) is 27.4 Å². The van der Waals surface area contributed by atoms with Crippen molar-refractivity contribution < 1.29 is 5.11 Å². The summed E-state index contributed by atoms with van der Waals surface area (Å²) in [6.45, 7) is 4.09. The highest BCUT2D eigenvalue weighted by atomic mass is 32.1. The lowest BCUT2D eigenvalue weighted by Gasteiger charge is -2.01. The average Bonchev–Trinajstić information content (AvgIpc) is 3.05. The predicted molar refractivity (Wildman–Crippen MR) is 94.9 cm³/mol. The number of hydrogen-bond acceptors (Lipinski definition) is 4. The molecule has 4 aromatic rings. The second kappa shape index (κ2) is 5.21. The van der Waals surface area contributed by atoms with E-state index in [1.807, 2.05) is 43.3 Å². The number of aromatic nitrogens is 3. The molecule has 0 aliphatic carbocycles. The molecule has 0 spiro atoms. The van der Waals surface area contributed by atoms with Gasteiger partial charge in [0.05, 0.1) is 17.1 Å². The van der Waals surface area contributed by atoms with Crippen LogP contribution >= 0.6 is 11.3 Å². The SMILES string of the molecule is Cc1nc2scc(C)n2c1C=Cc1ccc2cccc(O)c2n1. The van der Waals surface area contributed by atoms with Crippen LogP contribution in [0.25, 0.3) is 28.0 Å². The molecule has 4 rings (SSSR count). The van der Waals surface area contributed by atoms with Crippen molar-refractivity contribution in [2.75, 3.05) is 0 Å². The number of benzene rings is 1. The van der Waals surface area contributed by atoms with E-state index in [-0.39, 0.29) is 5.75 Å². The topological polar surface area (TPSA) is 50.4 Å². The minimum absolute atomic E-state index is 0.203. The van der Waals surface area contributed by atoms with Crippen molar-refractivity contribution in [2.24, 2.45) is 0 Å². The smallest absolute Gasteiger partial charge is 0.194 e. The lowest BCUT2D eigenvalue weighted by molar-refractivity contribution is 0.480. The van der Waals surface area contributed by atoms with Gasteiger partial charge in [0.1, 0.15) is 11.3 Å². The second-order valence-corrected chi connectivity index (χ2v) is 6.33. The van der Waals surface area contributed by atoms with Crippen LogP contribution in [-0.4, -0.2) is 19.5 Å².